The third-order valence-corrected chi connectivity index (χ3v) is 6.99. The number of hydrogen-bond donors (Lipinski definition) is 1. The maximum atomic E-state index is 13.0. The fraction of sp³-hybridized carbons (Fsp3) is 0.444. The van der Waals surface area contributed by atoms with Crippen molar-refractivity contribution in [1.82, 2.24) is 13.6 Å². The van der Waals surface area contributed by atoms with Crippen molar-refractivity contribution in [2.75, 3.05) is 46.0 Å². The molecule has 2 aromatic rings. The molecule has 1 amide bonds. The zero-order valence-corrected chi connectivity index (χ0v) is 16.1. The molecule has 0 bridgehead atoms. The van der Waals surface area contributed by atoms with Crippen molar-refractivity contribution in [3.63, 3.8) is 0 Å². The largest absolute Gasteiger partial charge is 0.379 e. The number of ether oxygens (including phenoxy) is 2. The topological polar surface area (TPSA) is 115 Å². The summed E-state index contributed by atoms with van der Waals surface area (Å²) in [5, 5.41) is 0.660. The number of amides is 1. The van der Waals surface area contributed by atoms with Crippen LogP contribution in [0.25, 0.3) is 10.9 Å². The van der Waals surface area contributed by atoms with Gasteiger partial charge in [-0.2, -0.15) is 17.0 Å². The summed E-state index contributed by atoms with van der Waals surface area (Å²) in [6.45, 7) is 2.10. The Kier molecular flexibility index (Phi) is 5.30. The van der Waals surface area contributed by atoms with E-state index in [1.807, 2.05) is 12.1 Å². The van der Waals surface area contributed by atoms with Crippen molar-refractivity contribution >= 4 is 27.0 Å². The van der Waals surface area contributed by atoms with Gasteiger partial charge in [-0.25, -0.2) is 4.98 Å². The predicted octanol–water partition coefficient (Wildman–Crippen LogP) is 0.284. The highest BCUT2D eigenvalue weighted by atomic mass is 32.2. The van der Waals surface area contributed by atoms with Crippen molar-refractivity contribution in [1.29, 1.82) is 0 Å². The average Bonchev–Trinajstić information content (AvgIpc) is 2.73. The van der Waals surface area contributed by atoms with E-state index >= 15 is 0 Å². The number of benzene rings is 1. The molecule has 2 aliphatic rings. The number of carbonyl (C=O) groups is 1. The smallest absolute Gasteiger partial charge is 0.282 e. The van der Waals surface area contributed by atoms with Gasteiger partial charge in [0.1, 0.15) is 6.10 Å². The summed E-state index contributed by atoms with van der Waals surface area (Å²) in [5.41, 5.74) is 7.00. The fourth-order valence-electron chi connectivity index (χ4n) is 3.52. The van der Waals surface area contributed by atoms with E-state index in [0.717, 1.165) is 0 Å². The first-order chi connectivity index (χ1) is 13.5. The second-order valence-electron chi connectivity index (χ2n) is 6.71. The summed E-state index contributed by atoms with van der Waals surface area (Å²) in [7, 11) is -3.61. The Bertz CT molecular complexity index is 991. The summed E-state index contributed by atoms with van der Waals surface area (Å²) >= 11 is 0. The number of nitrogens with two attached hydrogens (primary N) is 1. The van der Waals surface area contributed by atoms with Crippen LogP contribution >= 0.6 is 0 Å². The number of morpholine rings is 2. The van der Waals surface area contributed by atoms with Crippen molar-refractivity contribution < 1.29 is 22.7 Å². The number of carbonyl (C=O) groups excluding carboxylic acids is 1. The quantitative estimate of drug-likeness (QED) is 0.780. The average molecular weight is 406 g/mol. The van der Waals surface area contributed by atoms with E-state index in [-0.39, 0.29) is 19.7 Å². The molecule has 2 fully saturated rings. The van der Waals surface area contributed by atoms with Crippen LogP contribution in [-0.4, -0.2) is 73.9 Å². The number of rotatable bonds is 4. The minimum atomic E-state index is -3.61. The van der Waals surface area contributed by atoms with E-state index in [2.05, 4.69) is 4.98 Å². The highest BCUT2D eigenvalue weighted by molar-refractivity contribution is 7.86. The molecule has 4 rings (SSSR count). The van der Waals surface area contributed by atoms with Gasteiger partial charge in [0.15, 0.2) is 0 Å². The number of primary amides is 1. The van der Waals surface area contributed by atoms with Gasteiger partial charge < -0.3 is 15.2 Å². The molecule has 0 radical (unpaired) electrons. The first kappa shape index (κ1) is 19.2. The molecule has 2 saturated heterocycles. The number of para-hydroxylation sites is 1. The Labute approximate surface area is 163 Å². The Morgan fingerprint density at radius 1 is 1.11 bits per heavy atom. The molecule has 2 aliphatic heterocycles. The lowest BCUT2D eigenvalue weighted by Crippen LogP contribution is -2.52. The molecule has 2 N–H and O–H groups in total. The number of aromatic nitrogens is 1. The highest BCUT2D eigenvalue weighted by Crippen LogP contribution is 2.27. The van der Waals surface area contributed by atoms with Crippen LogP contribution in [-0.2, 0) is 19.7 Å². The van der Waals surface area contributed by atoms with Gasteiger partial charge in [0.05, 0.1) is 36.6 Å². The fourth-order valence-corrected chi connectivity index (χ4v) is 5.09. The highest BCUT2D eigenvalue weighted by Gasteiger charge is 2.36. The van der Waals surface area contributed by atoms with Crippen LogP contribution in [0.4, 0.5) is 0 Å². The van der Waals surface area contributed by atoms with Crippen LogP contribution in [0.3, 0.4) is 0 Å². The number of fused-ring (bicyclic) bond motifs is 1. The van der Waals surface area contributed by atoms with Crippen LogP contribution in [0.1, 0.15) is 22.2 Å². The molecule has 10 heteroatoms. The van der Waals surface area contributed by atoms with Crippen LogP contribution in [0, 0.1) is 0 Å². The summed E-state index contributed by atoms with van der Waals surface area (Å²) < 4.78 is 39.8. The van der Waals surface area contributed by atoms with Crippen LogP contribution < -0.4 is 5.73 Å². The lowest BCUT2D eigenvalue weighted by atomic mass is 10.0. The molecule has 0 saturated carbocycles. The van der Waals surface area contributed by atoms with E-state index in [1.54, 1.807) is 18.2 Å². The van der Waals surface area contributed by atoms with E-state index in [1.165, 1.54) is 8.61 Å². The second-order valence-corrected chi connectivity index (χ2v) is 8.64. The number of pyridine rings is 1. The van der Waals surface area contributed by atoms with Crippen molar-refractivity contribution in [3.8, 4) is 0 Å². The summed E-state index contributed by atoms with van der Waals surface area (Å²) in [4.78, 5) is 16.5. The summed E-state index contributed by atoms with van der Waals surface area (Å²) in [6.07, 6.45) is -0.577. The molecule has 1 atom stereocenters. The molecule has 28 heavy (non-hydrogen) atoms. The van der Waals surface area contributed by atoms with E-state index in [4.69, 9.17) is 15.2 Å². The minimum Gasteiger partial charge on any atom is -0.379 e. The normalized spacial score (nSPS) is 22.4. The molecule has 9 nitrogen and oxygen atoms in total. The molecule has 0 unspecified atom stereocenters. The van der Waals surface area contributed by atoms with Crippen molar-refractivity contribution in [2.45, 2.75) is 6.10 Å². The van der Waals surface area contributed by atoms with Gasteiger partial charge in [0.2, 0.25) is 5.91 Å². The van der Waals surface area contributed by atoms with E-state index < -0.39 is 22.2 Å². The standard InChI is InChI=1S/C18H22N4O5S/c19-18(23)14-11-16(20-15-4-2-1-3-13(14)15)17-12-22(7-10-27-17)28(24,25)21-5-8-26-9-6-21/h1-4,11,17H,5-10,12H2,(H2,19,23)/t17-/m1/s1. The van der Waals surface area contributed by atoms with Gasteiger partial charge in [-0.3, -0.25) is 4.79 Å². The summed E-state index contributed by atoms with van der Waals surface area (Å²) in [5.74, 6) is -0.562. The number of hydrogen-bond acceptors (Lipinski definition) is 6. The molecular formula is C18H22N4O5S. The van der Waals surface area contributed by atoms with Gasteiger partial charge in [-0.1, -0.05) is 18.2 Å². The molecule has 150 valence electrons. The third-order valence-electron chi connectivity index (χ3n) is 4.98. The van der Waals surface area contributed by atoms with Gasteiger partial charge in [-0.15, -0.1) is 0 Å². The Morgan fingerprint density at radius 2 is 1.82 bits per heavy atom. The minimum absolute atomic E-state index is 0.128. The maximum Gasteiger partial charge on any atom is 0.282 e. The van der Waals surface area contributed by atoms with Crippen molar-refractivity contribution in [2.24, 2.45) is 5.73 Å². The molecular weight excluding hydrogens is 384 g/mol. The molecule has 0 aliphatic carbocycles. The monoisotopic (exact) mass is 406 g/mol. The molecule has 1 aromatic heterocycles. The van der Waals surface area contributed by atoms with Crippen LogP contribution in [0.2, 0.25) is 0 Å². The van der Waals surface area contributed by atoms with Gasteiger partial charge in [0, 0.05) is 31.6 Å². The first-order valence-corrected chi connectivity index (χ1v) is 10.5. The second kappa shape index (κ2) is 7.72. The summed E-state index contributed by atoms with van der Waals surface area (Å²) in [6, 6.07) is 8.80. The number of nitrogens with zero attached hydrogens (tertiary/aromatic N) is 3. The van der Waals surface area contributed by atoms with Crippen molar-refractivity contribution in [3.05, 3.63) is 41.6 Å². The molecule has 1 aromatic carbocycles. The first-order valence-electron chi connectivity index (χ1n) is 9.11. The van der Waals surface area contributed by atoms with E-state index in [0.29, 0.717) is 48.5 Å². The predicted molar refractivity (Wildman–Crippen MR) is 102 cm³/mol. The SMILES string of the molecule is NC(=O)c1cc([C@H]2CN(S(=O)(=O)N3CCOCC3)CCO2)nc2ccccc12. The maximum absolute atomic E-state index is 13.0. The third kappa shape index (κ3) is 3.61. The van der Waals surface area contributed by atoms with Gasteiger partial charge in [0.25, 0.3) is 10.2 Å². The van der Waals surface area contributed by atoms with Gasteiger partial charge >= 0.3 is 0 Å². The lowest BCUT2D eigenvalue weighted by Gasteiger charge is -2.36. The molecule has 3 heterocycles. The van der Waals surface area contributed by atoms with E-state index in [9.17, 15) is 13.2 Å². The zero-order chi connectivity index (χ0) is 19.7. The van der Waals surface area contributed by atoms with Crippen LogP contribution in [0.15, 0.2) is 30.3 Å². The Morgan fingerprint density at radius 3 is 2.57 bits per heavy atom. The Hall–Kier alpha value is -2.11. The van der Waals surface area contributed by atoms with Crippen LogP contribution in [0.5, 0.6) is 0 Å². The molecule has 0 spiro atoms. The van der Waals surface area contributed by atoms with Gasteiger partial charge in [-0.05, 0) is 12.1 Å². The zero-order valence-electron chi connectivity index (χ0n) is 15.3. The lowest BCUT2D eigenvalue weighted by molar-refractivity contribution is -0.00830. The Balaban J connectivity index is 1.64.